The Morgan fingerprint density at radius 1 is 1.22 bits per heavy atom. The number of benzene rings is 2. The van der Waals surface area contributed by atoms with E-state index in [0.29, 0.717) is 11.3 Å². The molecule has 0 fully saturated rings. The first-order chi connectivity index (χ1) is 11.0. The maximum atomic E-state index is 12.6. The fourth-order valence-electron chi connectivity index (χ4n) is 2.51. The van der Waals surface area contributed by atoms with Crippen LogP contribution in [0.15, 0.2) is 36.4 Å². The minimum absolute atomic E-state index is 0.0968. The van der Waals surface area contributed by atoms with Gasteiger partial charge in [0.25, 0.3) is 0 Å². The van der Waals surface area contributed by atoms with Crippen LogP contribution in [0, 0.1) is 0 Å². The van der Waals surface area contributed by atoms with E-state index in [-0.39, 0.29) is 35.2 Å². The highest BCUT2D eigenvalue weighted by molar-refractivity contribution is 6.04. The van der Waals surface area contributed by atoms with Crippen LogP contribution < -0.4 is 9.47 Å². The second-order valence-electron chi connectivity index (χ2n) is 5.23. The van der Waals surface area contributed by atoms with Crippen LogP contribution in [0.5, 0.6) is 23.0 Å². The molecule has 23 heavy (non-hydrogen) atoms. The lowest BCUT2D eigenvalue weighted by Crippen LogP contribution is -2.26. The van der Waals surface area contributed by atoms with E-state index in [9.17, 15) is 19.8 Å². The van der Waals surface area contributed by atoms with Crippen LogP contribution in [0.2, 0.25) is 0 Å². The molecule has 0 saturated carbocycles. The Kier molecular flexibility index (Phi) is 3.65. The number of ether oxygens (including phenoxy) is 2. The molecule has 2 aromatic carbocycles. The number of hydrogen-bond acceptors (Lipinski definition) is 6. The molecule has 0 spiro atoms. The lowest BCUT2D eigenvalue weighted by Gasteiger charge is -2.25. The maximum Gasteiger partial charge on any atom is 0.308 e. The summed E-state index contributed by atoms with van der Waals surface area (Å²) in [4.78, 5) is 23.7. The smallest absolute Gasteiger partial charge is 0.308 e. The average molecular weight is 314 g/mol. The Morgan fingerprint density at radius 3 is 2.70 bits per heavy atom. The number of carbonyl (C=O) groups excluding carboxylic acids is 2. The van der Waals surface area contributed by atoms with Crippen LogP contribution in [0.4, 0.5) is 0 Å². The number of Topliss-reactive ketones (excluding diaryl/α,β-unsaturated/α-hetero) is 1. The maximum absolute atomic E-state index is 12.6. The van der Waals surface area contributed by atoms with Gasteiger partial charge in [-0.15, -0.1) is 0 Å². The fraction of sp³-hybridized carbons (Fsp3) is 0.176. The van der Waals surface area contributed by atoms with Gasteiger partial charge in [0, 0.05) is 13.0 Å². The minimum Gasteiger partial charge on any atom is -0.504 e. The van der Waals surface area contributed by atoms with Crippen LogP contribution in [0.1, 0.15) is 28.8 Å². The molecule has 1 aliphatic rings. The molecule has 1 atom stereocenters. The van der Waals surface area contributed by atoms with Crippen LogP contribution >= 0.6 is 0 Å². The summed E-state index contributed by atoms with van der Waals surface area (Å²) >= 11 is 0. The third kappa shape index (κ3) is 2.83. The number of aromatic hydroxyl groups is 2. The van der Waals surface area contributed by atoms with Crippen molar-refractivity contribution in [2.24, 2.45) is 0 Å². The van der Waals surface area contributed by atoms with Crippen LogP contribution in [0.3, 0.4) is 0 Å². The highest BCUT2D eigenvalue weighted by Gasteiger charge is 2.31. The Morgan fingerprint density at radius 2 is 1.96 bits per heavy atom. The Hall–Kier alpha value is -3.02. The monoisotopic (exact) mass is 314 g/mol. The van der Waals surface area contributed by atoms with Gasteiger partial charge in [0.1, 0.15) is 18.1 Å². The summed E-state index contributed by atoms with van der Waals surface area (Å²) in [5, 5.41) is 19.1. The largest absolute Gasteiger partial charge is 0.504 e. The first-order valence-electron chi connectivity index (χ1n) is 6.97. The first-order valence-corrected chi connectivity index (χ1v) is 6.97. The Labute approximate surface area is 131 Å². The van der Waals surface area contributed by atoms with Crippen molar-refractivity contribution in [1.29, 1.82) is 0 Å². The number of rotatable bonds is 2. The molecule has 0 bridgehead atoms. The first kappa shape index (κ1) is 14.9. The summed E-state index contributed by atoms with van der Waals surface area (Å²) in [5.41, 5.74) is 0.849. The molecule has 0 radical (unpaired) electrons. The van der Waals surface area contributed by atoms with E-state index in [4.69, 9.17) is 9.47 Å². The predicted octanol–water partition coefficient (Wildman–Crippen LogP) is 2.38. The van der Waals surface area contributed by atoms with E-state index < -0.39 is 11.9 Å². The minimum atomic E-state index is -0.582. The molecule has 6 heteroatoms. The standard InChI is InChI=1S/C17H14O6/c1-9(18)23-11-4-2-3-10(5-11)13-8-22-16-7-15(20)14(19)6-12(16)17(13)21/h2-7,13,19-20H,8H2,1H3. The van der Waals surface area contributed by atoms with Crippen molar-refractivity contribution in [1.82, 2.24) is 0 Å². The van der Waals surface area contributed by atoms with E-state index in [1.54, 1.807) is 24.3 Å². The second-order valence-corrected chi connectivity index (χ2v) is 5.23. The quantitative estimate of drug-likeness (QED) is 0.502. The van der Waals surface area contributed by atoms with Crippen molar-refractivity contribution in [3.8, 4) is 23.0 Å². The highest BCUT2D eigenvalue weighted by atomic mass is 16.5. The molecule has 0 amide bonds. The zero-order valence-electron chi connectivity index (χ0n) is 12.3. The van der Waals surface area contributed by atoms with Gasteiger partial charge < -0.3 is 19.7 Å². The number of carbonyl (C=O) groups is 2. The van der Waals surface area contributed by atoms with Gasteiger partial charge in [0.05, 0.1) is 11.5 Å². The fourth-order valence-corrected chi connectivity index (χ4v) is 2.51. The SMILES string of the molecule is CC(=O)Oc1cccc(C2COc3cc(O)c(O)cc3C2=O)c1. The number of phenolic OH excluding ortho intramolecular Hbond substituents is 2. The number of phenols is 2. The molecule has 1 heterocycles. The van der Waals surface area contributed by atoms with Gasteiger partial charge >= 0.3 is 5.97 Å². The molecule has 2 N–H and O–H groups in total. The summed E-state index contributed by atoms with van der Waals surface area (Å²) in [6, 6.07) is 9.06. The van der Waals surface area contributed by atoms with Crippen LogP contribution in [-0.4, -0.2) is 28.6 Å². The highest BCUT2D eigenvalue weighted by Crippen LogP contribution is 2.39. The number of esters is 1. The number of ketones is 1. The lowest BCUT2D eigenvalue weighted by molar-refractivity contribution is -0.131. The molecule has 118 valence electrons. The Balaban J connectivity index is 1.95. The van der Waals surface area contributed by atoms with Crippen LogP contribution in [0.25, 0.3) is 0 Å². The number of hydrogen-bond donors (Lipinski definition) is 2. The third-order valence-corrected chi connectivity index (χ3v) is 3.59. The Bertz CT molecular complexity index is 796. The number of fused-ring (bicyclic) bond motifs is 1. The zero-order valence-corrected chi connectivity index (χ0v) is 12.3. The lowest BCUT2D eigenvalue weighted by atomic mass is 9.88. The summed E-state index contributed by atoms with van der Waals surface area (Å²) in [7, 11) is 0. The van der Waals surface area contributed by atoms with E-state index >= 15 is 0 Å². The van der Waals surface area contributed by atoms with Crippen molar-refractivity contribution in [3.63, 3.8) is 0 Å². The molecule has 0 aromatic heterocycles. The summed E-state index contributed by atoms with van der Waals surface area (Å²) in [6.45, 7) is 1.40. The molecule has 2 aromatic rings. The van der Waals surface area contributed by atoms with Gasteiger partial charge in [-0.25, -0.2) is 0 Å². The summed E-state index contributed by atoms with van der Waals surface area (Å²) in [5.74, 6) is -1.40. The summed E-state index contributed by atoms with van der Waals surface area (Å²) in [6.07, 6.45) is 0. The van der Waals surface area contributed by atoms with Gasteiger partial charge in [-0.05, 0) is 23.8 Å². The molecule has 0 saturated heterocycles. The molecule has 6 nitrogen and oxygen atoms in total. The van der Waals surface area contributed by atoms with E-state index in [1.165, 1.54) is 19.1 Å². The molecule has 3 rings (SSSR count). The van der Waals surface area contributed by atoms with Crippen molar-refractivity contribution < 1.29 is 29.3 Å². The normalized spacial score (nSPS) is 16.4. The van der Waals surface area contributed by atoms with Gasteiger partial charge in [-0.3, -0.25) is 9.59 Å². The molecule has 0 aliphatic carbocycles. The molecule has 1 unspecified atom stereocenters. The summed E-state index contributed by atoms with van der Waals surface area (Å²) < 4.78 is 10.5. The zero-order chi connectivity index (χ0) is 16.6. The topological polar surface area (TPSA) is 93.1 Å². The third-order valence-electron chi connectivity index (χ3n) is 3.59. The molecule has 1 aliphatic heterocycles. The van der Waals surface area contributed by atoms with Crippen molar-refractivity contribution >= 4 is 11.8 Å². The van der Waals surface area contributed by atoms with E-state index in [0.717, 1.165) is 0 Å². The van der Waals surface area contributed by atoms with Gasteiger partial charge in [-0.1, -0.05) is 12.1 Å². The van der Waals surface area contributed by atoms with Gasteiger partial charge in [0.15, 0.2) is 17.3 Å². The molecular formula is C17H14O6. The van der Waals surface area contributed by atoms with Gasteiger partial charge in [0.2, 0.25) is 0 Å². The van der Waals surface area contributed by atoms with Crippen molar-refractivity contribution in [2.45, 2.75) is 12.8 Å². The van der Waals surface area contributed by atoms with Crippen molar-refractivity contribution in [3.05, 3.63) is 47.5 Å². The van der Waals surface area contributed by atoms with Crippen molar-refractivity contribution in [2.75, 3.05) is 6.61 Å². The molecular weight excluding hydrogens is 300 g/mol. The second kappa shape index (κ2) is 5.64. The average Bonchev–Trinajstić information content (AvgIpc) is 2.49. The van der Waals surface area contributed by atoms with E-state index in [2.05, 4.69) is 0 Å². The predicted molar refractivity (Wildman–Crippen MR) is 80.1 cm³/mol. The van der Waals surface area contributed by atoms with E-state index in [1.807, 2.05) is 0 Å². The van der Waals surface area contributed by atoms with Crippen LogP contribution in [-0.2, 0) is 4.79 Å². The van der Waals surface area contributed by atoms with Gasteiger partial charge in [-0.2, -0.15) is 0 Å².